The molecule has 0 aliphatic heterocycles. The third kappa shape index (κ3) is 4.87. The Bertz CT molecular complexity index is 424. The normalized spacial score (nSPS) is 10.3. The van der Waals surface area contributed by atoms with E-state index in [-0.39, 0.29) is 25.0 Å². The third-order valence-electron chi connectivity index (χ3n) is 2.86. The lowest BCUT2D eigenvalue weighted by atomic mass is 10.2. The van der Waals surface area contributed by atoms with Crippen molar-refractivity contribution in [2.24, 2.45) is 0 Å². The van der Waals surface area contributed by atoms with Crippen molar-refractivity contribution < 1.29 is 14.3 Å². The van der Waals surface area contributed by atoms with Crippen LogP contribution in [0.4, 0.5) is 14.9 Å². The summed E-state index contributed by atoms with van der Waals surface area (Å²) in [6, 6.07) is 4.26. The van der Waals surface area contributed by atoms with Crippen LogP contribution in [0.5, 0.6) is 0 Å². The number of amides is 2. The smallest absolute Gasteiger partial charge is 0.321 e. The number of aliphatic hydroxyl groups is 1. The Morgan fingerprint density at radius 1 is 1.42 bits per heavy atom. The van der Waals surface area contributed by atoms with Crippen LogP contribution in [0.1, 0.15) is 25.3 Å². The van der Waals surface area contributed by atoms with Gasteiger partial charge in [0.1, 0.15) is 5.82 Å². The van der Waals surface area contributed by atoms with Gasteiger partial charge in [0.05, 0.1) is 6.61 Å². The molecular formula is C14H21FN2O2. The molecular weight excluding hydrogens is 247 g/mol. The van der Waals surface area contributed by atoms with E-state index in [4.69, 9.17) is 5.11 Å². The quantitative estimate of drug-likeness (QED) is 0.833. The summed E-state index contributed by atoms with van der Waals surface area (Å²) in [4.78, 5) is 13.5. The highest BCUT2D eigenvalue weighted by Gasteiger charge is 2.12. The number of hydrogen-bond acceptors (Lipinski definition) is 2. The summed E-state index contributed by atoms with van der Waals surface area (Å²) in [5.74, 6) is -0.347. The van der Waals surface area contributed by atoms with Crippen LogP contribution in [0.15, 0.2) is 18.2 Å². The van der Waals surface area contributed by atoms with Crippen molar-refractivity contribution >= 4 is 11.7 Å². The largest absolute Gasteiger partial charge is 0.395 e. The van der Waals surface area contributed by atoms with E-state index in [9.17, 15) is 9.18 Å². The molecule has 0 saturated heterocycles. The first-order valence-electron chi connectivity index (χ1n) is 6.51. The number of carbonyl (C=O) groups is 1. The lowest BCUT2D eigenvalue weighted by molar-refractivity contribution is 0.187. The summed E-state index contributed by atoms with van der Waals surface area (Å²) in [7, 11) is 0. The van der Waals surface area contributed by atoms with Crippen LogP contribution in [-0.2, 0) is 0 Å². The number of unbranched alkanes of at least 4 members (excludes halogenated alkanes) is 1. The molecule has 1 aromatic carbocycles. The zero-order valence-electron chi connectivity index (χ0n) is 11.4. The molecule has 1 aromatic rings. The summed E-state index contributed by atoms with van der Waals surface area (Å²) in [6.45, 7) is 4.47. The lowest BCUT2D eigenvalue weighted by Gasteiger charge is -2.22. The minimum atomic E-state index is -0.347. The molecule has 0 heterocycles. The first-order chi connectivity index (χ1) is 9.08. The number of aryl methyl sites for hydroxylation is 1. The van der Waals surface area contributed by atoms with E-state index in [1.54, 1.807) is 19.1 Å². The minimum absolute atomic E-state index is 0.0839. The van der Waals surface area contributed by atoms with Crippen molar-refractivity contribution in [3.63, 3.8) is 0 Å². The number of anilines is 1. The SMILES string of the molecule is CCCCN(CCO)C(=O)Nc1ccc(C)c(F)c1. The topological polar surface area (TPSA) is 52.6 Å². The van der Waals surface area contributed by atoms with Gasteiger partial charge in [-0.05, 0) is 31.0 Å². The van der Waals surface area contributed by atoms with Crippen LogP contribution in [0.3, 0.4) is 0 Å². The van der Waals surface area contributed by atoms with Gasteiger partial charge >= 0.3 is 6.03 Å². The Labute approximate surface area is 113 Å². The van der Waals surface area contributed by atoms with Gasteiger partial charge in [0.2, 0.25) is 0 Å². The van der Waals surface area contributed by atoms with Gasteiger partial charge in [0.15, 0.2) is 0 Å². The van der Waals surface area contributed by atoms with Crippen molar-refractivity contribution in [3.05, 3.63) is 29.6 Å². The average Bonchev–Trinajstić information content (AvgIpc) is 2.38. The number of rotatable bonds is 6. The van der Waals surface area contributed by atoms with Gasteiger partial charge in [-0.1, -0.05) is 19.4 Å². The van der Waals surface area contributed by atoms with Gasteiger partial charge < -0.3 is 15.3 Å². The molecule has 0 aliphatic carbocycles. The molecule has 0 aliphatic rings. The van der Waals surface area contributed by atoms with E-state index in [2.05, 4.69) is 5.32 Å². The van der Waals surface area contributed by atoms with E-state index >= 15 is 0 Å². The molecule has 2 amide bonds. The standard InChI is InChI=1S/C14H21FN2O2/c1-3-4-7-17(8-9-18)14(19)16-12-6-5-11(2)13(15)10-12/h5-6,10,18H,3-4,7-9H2,1-2H3,(H,16,19). The molecule has 0 aromatic heterocycles. The Morgan fingerprint density at radius 3 is 2.74 bits per heavy atom. The highest BCUT2D eigenvalue weighted by Crippen LogP contribution is 2.14. The number of nitrogens with one attached hydrogen (secondary N) is 1. The Kier molecular flexibility index (Phi) is 6.29. The molecule has 2 N–H and O–H groups in total. The van der Waals surface area contributed by atoms with Crippen LogP contribution in [-0.4, -0.2) is 35.7 Å². The van der Waals surface area contributed by atoms with Crippen LogP contribution < -0.4 is 5.32 Å². The first kappa shape index (κ1) is 15.4. The van der Waals surface area contributed by atoms with Crippen LogP contribution in [0.2, 0.25) is 0 Å². The lowest BCUT2D eigenvalue weighted by Crippen LogP contribution is -2.37. The number of hydrogen-bond donors (Lipinski definition) is 2. The molecule has 1 rings (SSSR count). The van der Waals surface area contributed by atoms with Crippen LogP contribution in [0.25, 0.3) is 0 Å². The number of aliphatic hydroxyl groups excluding tert-OH is 1. The third-order valence-corrected chi connectivity index (χ3v) is 2.86. The molecule has 106 valence electrons. The second kappa shape index (κ2) is 7.74. The van der Waals surface area contributed by atoms with Crippen LogP contribution in [0, 0.1) is 12.7 Å². The number of halogens is 1. The van der Waals surface area contributed by atoms with Gasteiger partial charge in [-0.3, -0.25) is 0 Å². The molecule has 0 saturated carbocycles. The van der Waals surface area contributed by atoms with E-state index in [1.165, 1.54) is 11.0 Å². The van der Waals surface area contributed by atoms with Crippen LogP contribution >= 0.6 is 0 Å². The molecule has 4 nitrogen and oxygen atoms in total. The summed E-state index contributed by atoms with van der Waals surface area (Å²) in [5, 5.41) is 11.6. The van der Waals surface area contributed by atoms with Gasteiger partial charge in [0, 0.05) is 18.8 Å². The number of nitrogens with zero attached hydrogens (tertiary/aromatic N) is 1. The predicted octanol–water partition coefficient (Wildman–Crippen LogP) is 2.76. The monoisotopic (exact) mass is 268 g/mol. The summed E-state index contributed by atoms with van der Waals surface area (Å²) in [5.41, 5.74) is 0.962. The zero-order valence-corrected chi connectivity index (χ0v) is 11.4. The molecule has 19 heavy (non-hydrogen) atoms. The Hall–Kier alpha value is -1.62. The number of urea groups is 1. The van der Waals surface area contributed by atoms with Crippen molar-refractivity contribution in [2.75, 3.05) is 25.0 Å². The van der Waals surface area contributed by atoms with Gasteiger partial charge in [-0.15, -0.1) is 0 Å². The molecule has 0 atom stereocenters. The highest BCUT2D eigenvalue weighted by molar-refractivity contribution is 5.89. The molecule has 0 radical (unpaired) electrons. The first-order valence-corrected chi connectivity index (χ1v) is 6.51. The van der Waals surface area contributed by atoms with Gasteiger partial charge in [-0.2, -0.15) is 0 Å². The highest BCUT2D eigenvalue weighted by atomic mass is 19.1. The molecule has 0 fully saturated rings. The summed E-state index contributed by atoms with van der Waals surface area (Å²) in [6.07, 6.45) is 1.84. The van der Waals surface area contributed by atoms with Gasteiger partial charge in [-0.25, -0.2) is 9.18 Å². The molecule has 5 heteroatoms. The van der Waals surface area contributed by atoms with Crippen molar-refractivity contribution in [3.8, 4) is 0 Å². The maximum absolute atomic E-state index is 13.4. The summed E-state index contributed by atoms with van der Waals surface area (Å²) < 4.78 is 13.4. The number of benzene rings is 1. The van der Waals surface area contributed by atoms with Gasteiger partial charge in [0.25, 0.3) is 0 Å². The van der Waals surface area contributed by atoms with Crippen molar-refractivity contribution in [1.29, 1.82) is 0 Å². The number of carbonyl (C=O) groups excluding carboxylic acids is 1. The predicted molar refractivity (Wildman–Crippen MR) is 73.7 cm³/mol. The fraction of sp³-hybridized carbons (Fsp3) is 0.500. The molecule has 0 spiro atoms. The Morgan fingerprint density at radius 2 is 2.16 bits per heavy atom. The zero-order chi connectivity index (χ0) is 14.3. The Balaban J connectivity index is 2.66. The molecule has 0 unspecified atom stereocenters. The van der Waals surface area contributed by atoms with Crippen molar-refractivity contribution in [1.82, 2.24) is 4.90 Å². The second-order valence-electron chi connectivity index (χ2n) is 4.46. The van der Waals surface area contributed by atoms with E-state index in [0.717, 1.165) is 12.8 Å². The maximum Gasteiger partial charge on any atom is 0.321 e. The van der Waals surface area contributed by atoms with E-state index in [0.29, 0.717) is 17.8 Å². The van der Waals surface area contributed by atoms with E-state index in [1.807, 2.05) is 6.92 Å². The molecule has 0 bridgehead atoms. The summed E-state index contributed by atoms with van der Waals surface area (Å²) >= 11 is 0. The maximum atomic E-state index is 13.4. The second-order valence-corrected chi connectivity index (χ2v) is 4.46. The average molecular weight is 268 g/mol. The minimum Gasteiger partial charge on any atom is -0.395 e. The fourth-order valence-electron chi connectivity index (χ4n) is 1.66. The fourth-order valence-corrected chi connectivity index (χ4v) is 1.66. The van der Waals surface area contributed by atoms with E-state index < -0.39 is 0 Å². The van der Waals surface area contributed by atoms with Crippen molar-refractivity contribution in [2.45, 2.75) is 26.7 Å².